The van der Waals surface area contributed by atoms with E-state index in [9.17, 15) is 35.1 Å². The molecular weight excluding hydrogens is 481 g/mol. The second-order valence-corrected chi connectivity index (χ2v) is 11.8. The van der Waals surface area contributed by atoms with E-state index in [4.69, 9.17) is 4.18 Å². The van der Waals surface area contributed by atoms with Crippen molar-refractivity contribution in [3.05, 3.63) is 29.7 Å². The lowest BCUT2D eigenvalue weighted by molar-refractivity contribution is -0.267. The fourth-order valence-corrected chi connectivity index (χ4v) is 5.28. The smallest absolute Gasteiger partial charge is 0.380 e. The summed E-state index contributed by atoms with van der Waals surface area (Å²) >= 11 is 0.999. The van der Waals surface area contributed by atoms with Gasteiger partial charge < -0.3 is 5.11 Å². The minimum absolute atomic E-state index is 0.0393. The average Bonchev–Trinajstić information content (AvgIpc) is 3.18. The molecule has 0 radical (unpaired) electrons. The van der Waals surface area contributed by atoms with Gasteiger partial charge in [-0.3, -0.25) is 9.18 Å². The Morgan fingerprint density at radius 1 is 1.35 bits per heavy atom. The molecule has 1 aromatic heterocycles. The summed E-state index contributed by atoms with van der Waals surface area (Å²) in [4.78, 5) is 4.26. The van der Waals surface area contributed by atoms with Gasteiger partial charge in [-0.2, -0.15) is 21.6 Å². The van der Waals surface area contributed by atoms with Gasteiger partial charge in [0.1, 0.15) is 4.21 Å². The zero-order valence-electron chi connectivity index (χ0n) is 16.7. The van der Waals surface area contributed by atoms with Crippen LogP contribution in [-0.4, -0.2) is 64.9 Å². The first-order valence-corrected chi connectivity index (χ1v) is 13.2. The number of aliphatic imine (C=N–C) groups is 1. The van der Waals surface area contributed by atoms with Gasteiger partial charge in [-0.25, -0.2) is 13.1 Å². The number of nitrogens with zero attached hydrogens (tertiary/aromatic N) is 1. The van der Waals surface area contributed by atoms with Crippen LogP contribution >= 0.6 is 11.3 Å². The topological polar surface area (TPSA) is 122 Å². The van der Waals surface area contributed by atoms with Gasteiger partial charge in [-0.1, -0.05) is 12.1 Å². The predicted molar refractivity (Wildman–Crippen MR) is 110 cm³/mol. The number of alkyl halides is 3. The van der Waals surface area contributed by atoms with E-state index in [-0.39, 0.29) is 23.6 Å². The summed E-state index contributed by atoms with van der Waals surface area (Å²) in [7, 11) is -7.65. The van der Waals surface area contributed by atoms with E-state index in [1.54, 1.807) is 11.4 Å². The van der Waals surface area contributed by atoms with Crippen LogP contribution in [-0.2, 0) is 24.3 Å². The Balaban J connectivity index is 2.15. The monoisotopic (exact) mass is 504 g/mol. The third-order valence-corrected chi connectivity index (χ3v) is 8.01. The maximum absolute atomic E-state index is 13.0. The Hall–Kier alpha value is -1.32. The highest BCUT2D eigenvalue weighted by Gasteiger charge is 2.54. The van der Waals surface area contributed by atoms with Crippen molar-refractivity contribution < 1.29 is 39.3 Å². The number of nitrogens with one attached hydrogen (secondary N) is 1. The first-order chi connectivity index (χ1) is 14.1. The first kappa shape index (κ1) is 25.9. The molecule has 0 bridgehead atoms. The zero-order valence-corrected chi connectivity index (χ0v) is 19.1. The van der Waals surface area contributed by atoms with Crippen molar-refractivity contribution in [2.24, 2.45) is 10.9 Å². The Kier molecular flexibility index (Phi) is 8.09. The Morgan fingerprint density at radius 2 is 2.03 bits per heavy atom. The van der Waals surface area contributed by atoms with Crippen LogP contribution in [0.4, 0.5) is 13.2 Å². The number of aliphatic hydroxyl groups is 1. The summed E-state index contributed by atoms with van der Waals surface area (Å²) < 4.78 is 93.3. The molecule has 2 rings (SSSR count). The molecule has 14 heteroatoms. The van der Waals surface area contributed by atoms with Crippen LogP contribution < -0.4 is 4.72 Å². The van der Waals surface area contributed by atoms with Crippen molar-refractivity contribution in [2.45, 2.75) is 41.8 Å². The van der Waals surface area contributed by atoms with Crippen LogP contribution in [0.5, 0.6) is 0 Å². The van der Waals surface area contributed by atoms with Crippen LogP contribution in [0, 0.1) is 5.92 Å². The number of sulfonamides is 1. The van der Waals surface area contributed by atoms with Gasteiger partial charge in [0.15, 0.2) is 5.60 Å². The van der Waals surface area contributed by atoms with Crippen LogP contribution in [0.3, 0.4) is 0 Å². The van der Waals surface area contributed by atoms with E-state index >= 15 is 0 Å². The van der Waals surface area contributed by atoms with Gasteiger partial charge >= 0.3 is 6.18 Å². The normalized spacial score (nSPS) is 22.4. The van der Waals surface area contributed by atoms with Gasteiger partial charge in [0, 0.05) is 18.2 Å². The Morgan fingerprint density at radius 3 is 2.52 bits per heavy atom. The summed E-state index contributed by atoms with van der Waals surface area (Å²) in [5, 5.41) is 11.4. The molecule has 31 heavy (non-hydrogen) atoms. The molecule has 176 valence electrons. The molecule has 0 spiro atoms. The fourth-order valence-electron chi connectivity index (χ4n) is 2.77. The zero-order chi connectivity index (χ0) is 23.5. The van der Waals surface area contributed by atoms with Gasteiger partial charge in [-0.05, 0) is 37.3 Å². The minimum Gasteiger partial charge on any atom is -0.380 e. The fraction of sp³-hybridized carbons (Fsp3) is 0.588. The highest BCUT2D eigenvalue weighted by Crippen LogP contribution is 2.39. The molecule has 3 atom stereocenters. The van der Waals surface area contributed by atoms with Crippen molar-refractivity contribution in [2.75, 3.05) is 19.4 Å². The summed E-state index contributed by atoms with van der Waals surface area (Å²) in [5.41, 5.74) is -2.56. The van der Waals surface area contributed by atoms with Gasteiger partial charge in [0.05, 0.1) is 18.9 Å². The molecule has 8 nitrogen and oxygen atoms in total. The van der Waals surface area contributed by atoms with Crippen LogP contribution in [0.2, 0.25) is 0 Å². The third kappa shape index (κ3) is 7.36. The maximum Gasteiger partial charge on any atom is 0.417 e. The van der Waals surface area contributed by atoms with E-state index in [1.165, 1.54) is 18.2 Å². The number of thiophene rings is 1. The van der Waals surface area contributed by atoms with Crippen molar-refractivity contribution in [1.29, 1.82) is 0 Å². The summed E-state index contributed by atoms with van der Waals surface area (Å²) in [5.74, 6) is -1.17. The highest BCUT2D eigenvalue weighted by molar-refractivity contribution is 7.91. The minimum atomic E-state index is -4.80. The SMILES string of the molecule is CC(O)(C1C=CC(=NC(CNS(=O)(=O)c2cccs2)COS(C)(=O)=O)CC1)C(F)(F)F. The molecule has 2 N–H and O–H groups in total. The van der Waals surface area contributed by atoms with Crippen LogP contribution in [0.15, 0.2) is 38.9 Å². The third-order valence-electron chi connectivity index (χ3n) is 4.62. The van der Waals surface area contributed by atoms with E-state index in [1.807, 2.05) is 0 Å². The second-order valence-electron chi connectivity index (χ2n) is 7.20. The average molecular weight is 505 g/mol. The van der Waals surface area contributed by atoms with Crippen LogP contribution in [0.25, 0.3) is 0 Å². The predicted octanol–water partition coefficient (Wildman–Crippen LogP) is 2.09. The number of hydrogen-bond donors (Lipinski definition) is 2. The number of rotatable bonds is 9. The molecule has 0 aliphatic heterocycles. The Bertz CT molecular complexity index is 1020. The van der Waals surface area contributed by atoms with Crippen molar-refractivity contribution >= 4 is 37.2 Å². The van der Waals surface area contributed by atoms with Crippen molar-refractivity contribution in [1.82, 2.24) is 4.72 Å². The highest BCUT2D eigenvalue weighted by atomic mass is 32.2. The first-order valence-electron chi connectivity index (χ1n) is 9.03. The molecule has 0 aromatic carbocycles. The summed E-state index contributed by atoms with van der Waals surface area (Å²) in [6.45, 7) is -0.0319. The van der Waals surface area contributed by atoms with Crippen LogP contribution in [0.1, 0.15) is 19.8 Å². The lowest BCUT2D eigenvalue weighted by Gasteiger charge is -2.34. The van der Waals surface area contributed by atoms with E-state index < -0.39 is 50.5 Å². The van der Waals surface area contributed by atoms with E-state index in [2.05, 4.69) is 9.71 Å². The number of allylic oxidation sites excluding steroid dienone is 1. The molecule has 0 saturated heterocycles. The van der Waals surface area contributed by atoms with E-state index in [0.717, 1.165) is 17.6 Å². The quantitative estimate of drug-likeness (QED) is 0.497. The number of hydrogen-bond acceptors (Lipinski definition) is 8. The Labute approximate surface area is 183 Å². The van der Waals surface area contributed by atoms with Gasteiger partial charge in [-0.15, -0.1) is 11.3 Å². The van der Waals surface area contributed by atoms with Crippen molar-refractivity contribution in [3.63, 3.8) is 0 Å². The summed E-state index contributed by atoms with van der Waals surface area (Å²) in [6, 6.07) is 2.02. The second kappa shape index (κ2) is 9.67. The van der Waals surface area contributed by atoms with Crippen molar-refractivity contribution in [3.8, 4) is 0 Å². The largest absolute Gasteiger partial charge is 0.417 e. The molecule has 1 aromatic rings. The molecule has 3 unspecified atom stereocenters. The lowest BCUT2D eigenvalue weighted by Crippen LogP contribution is -2.48. The molecule has 0 fully saturated rings. The molecular formula is C17H23F3N2O6S3. The lowest BCUT2D eigenvalue weighted by atomic mass is 9.81. The van der Waals surface area contributed by atoms with Gasteiger partial charge in [0.25, 0.3) is 10.1 Å². The van der Waals surface area contributed by atoms with E-state index in [0.29, 0.717) is 12.6 Å². The standard InChI is InChI=1S/C17H23F3N2O6S3/c1-16(23,17(18,19)20)12-5-7-13(8-6-12)22-14(11-28-30(2,24)25)10-21-31(26,27)15-4-3-9-29-15/h3-5,7,9,12,14,21,23H,6,8,10-11H2,1-2H3. The molecule has 1 aliphatic rings. The summed E-state index contributed by atoms with van der Waals surface area (Å²) in [6.07, 6.45) is -1.42. The van der Waals surface area contributed by atoms with Gasteiger partial charge in [0.2, 0.25) is 10.0 Å². The molecule has 1 heterocycles. The molecule has 1 aliphatic carbocycles. The molecule has 0 saturated carbocycles. The molecule has 0 amide bonds. The maximum atomic E-state index is 13.0. The number of halogens is 3.